The summed E-state index contributed by atoms with van der Waals surface area (Å²) in [5.74, 6) is -3.59. The average molecular weight is 867 g/mol. The number of piperazine rings is 1. The van der Waals surface area contributed by atoms with E-state index in [1.807, 2.05) is 6.92 Å². The summed E-state index contributed by atoms with van der Waals surface area (Å²) >= 11 is 0. The molecule has 2 aliphatic carbocycles. The molecule has 2 aromatic rings. The Bertz CT molecular complexity index is 2230. The number of nitrogens with one attached hydrogen (secondary N) is 1. The highest BCUT2D eigenvalue weighted by Gasteiger charge is 2.54. The fourth-order valence-corrected chi connectivity index (χ4v) is 10.1. The molecule has 338 valence electrons. The van der Waals surface area contributed by atoms with Crippen molar-refractivity contribution in [3.63, 3.8) is 0 Å². The minimum atomic E-state index is -1.84. The summed E-state index contributed by atoms with van der Waals surface area (Å²) in [5.41, 5.74) is 9.56. The zero-order chi connectivity index (χ0) is 44.8. The van der Waals surface area contributed by atoms with E-state index >= 15 is 0 Å². The molecule has 2 unspecified atom stereocenters. The third kappa shape index (κ3) is 8.71. The SMILES string of the molecule is CCC(O)C[C@@H](CC/C=C/OC1(C)Oc2c(C)c(O)c3c(c2C1=O)C1=NC2(CCN(CC(C)C)CC2)NC1=C(N)C3=O)OC(=O)CC(=O)N1CCN(C2Cc3ccccc3C2)CC1. The Morgan fingerprint density at radius 3 is 2.38 bits per heavy atom. The first kappa shape index (κ1) is 44.4. The number of hydrogen-bond donors (Lipinski definition) is 4. The number of hydrogen-bond acceptors (Lipinski definition) is 14. The number of Topliss-reactive ketones (excluding diaryl/α,β-unsaturated/α-hetero) is 2. The third-order valence-corrected chi connectivity index (χ3v) is 13.7. The second-order valence-electron chi connectivity index (χ2n) is 18.6. The van der Waals surface area contributed by atoms with Crippen LogP contribution in [0.1, 0.15) is 116 Å². The van der Waals surface area contributed by atoms with Gasteiger partial charge in [0.15, 0.2) is 0 Å². The molecule has 0 radical (unpaired) electrons. The van der Waals surface area contributed by atoms with Gasteiger partial charge in [-0.15, -0.1) is 0 Å². The molecule has 8 rings (SSSR count). The first-order valence-electron chi connectivity index (χ1n) is 22.7. The van der Waals surface area contributed by atoms with Crippen LogP contribution in [0.4, 0.5) is 0 Å². The van der Waals surface area contributed by atoms with Gasteiger partial charge >= 0.3 is 11.8 Å². The van der Waals surface area contributed by atoms with Crippen LogP contribution in [-0.2, 0) is 31.9 Å². The van der Waals surface area contributed by atoms with Gasteiger partial charge in [-0.05, 0) is 62.1 Å². The maximum atomic E-state index is 14.4. The Labute approximate surface area is 369 Å². The van der Waals surface area contributed by atoms with Gasteiger partial charge in [0, 0.05) is 89.2 Å². The van der Waals surface area contributed by atoms with Gasteiger partial charge in [0.25, 0.3) is 5.78 Å². The summed E-state index contributed by atoms with van der Waals surface area (Å²) in [6.45, 7) is 14.4. The highest BCUT2D eigenvalue weighted by Crippen LogP contribution is 2.50. The smallest absolute Gasteiger partial charge is 0.315 e. The van der Waals surface area contributed by atoms with E-state index in [2.05, 4.69) is 53.2 Å². The van der Waals surface area contributed by atoms with Crippen LogP contribution in [0, 0.1) is 12.8 Å². The second-order valence-corrected chi connectivity index (χ2v) is 18.6. The van der Waals surface area contributed by atoms with E-state index < -0.39 is 41.2 Å². The quantitative estimate of drug-likeness (QED) is 0.119. The maximum Gasteiger partial charge on any atom is 0.315 e. The molecule has 15 heteroatoms. The van der Waals surface area contributed by atoms with Crippen LogP contribution in [0.15, 0.2) is 53.0 Å². The summed E-state index contributed by atoms with van der Waals surface area (Å²) in [4.78, 5) is 66.2. The molecular weight excluding hydrogens is 805 g/mol. The number of nitrogens with zero attached hydrogens (tertiary/aromatic N) is 4. The number of phenolic OH excluding ortho intramolecular Hbond substituents is 1. The Balaban J connectivity index is 0.883. The molecule has 6 aliphatic rings. The van der Waals surface area contributed by atoms with Gasteiger partial charge in [0.2, 0.25) is 11.7 Å². The Hall–Kier alpha value is -5.25. The number of carbonyl (C=O) groups is 4. The lowest BCUT2D eigenvalue weighted by molar-refractivity contribution is -0.155. The van der Waals surface area contributed by atoms with Crippen molar-refractivity contribution in [1.29, 1.82) is 0 Å². The normalized spacial score (nSPS) is 23.0. The van der Waals surface area contributed by atoms with Crippen LogP contribution in [0.5, 0.6) is 11.5 Å². The monoisotopic (exact) mass is 866 g/mol. The van der Waals surface area contributed by atoms with Crippen molar-refractivity contribution in [1.82, 2.24) is 20.0 Å². The largest absolute Gasteiger partial charge is 0.507 e. The standard InChI is InChI=1S/C48H62N6O9/c1-6-33(55)25-34(62-36(57)26-35(56)54-20-18-53(19-21-54)32-23-30-11-7-8-12-31(30)24-32)13-9-10-22-61-47(5)46(60)39-37-38(43(58)29(4)45(39)63-47)44(59)40(49)42-41(37)50-48(51-42)14-16-52(17-15-48)27-28(2)3/h7-8,10-12,22,28,32-34,51,55,58H,6,9,13-21,23-27,49H2,1-5H3/b22-10+/t33?,34-,47?/m1/s1. The fourth-order valence-electron chi connectivity index (χ4n) is 10.1. The lowest BCUT2D eigenvalue weighted by Gasteiger charge is -2.38. The highest BCUT2D eigenvalue weighted by molar-refractivity contribution is 6.33. The van der Waals surface area contributed by atoms with E-state index in [4.69, 9.17) is 24.9 Å². The molecule has 5 N–H and O–H groups in total. The molecule has 0 bridgehead atoms. The summed E-state index contributed by atoms with van der Waals surface area (Å²) in [6, 6.07) is 8.96. The van der Waals surface area contributed by atoms with Crippen molar-refractivity contribution in [2.75, 3.05) is 45.8 Å². The van der Waals surface area contributed by atoms with Gasteiger partial charge in [0.05, 0.1) is 34.9 Å². The number of esters is 1. The summed E-state index contributed by atoms with van der Waals surface area (Å²) < 4.78 is 18.0. The number of fused-ring (bicyclic) bond motifs is 6. The average Bonchev–Trinajstić information content (AvgIpc) is 3.94. The van der Waals surface area contributed by atoms with Crippen molar-refractivity contribution < 1.29 is 43.6 Å². The van der Waals surface area contributed by atoms with Gasteiger partial charge < -0.3 is 45.3 Å². The van der Waals surface area contributed by atoms with Crippen LogP contribution >= 0.6 is 0 Å². The predicted octanol–water partition coefficient (Wildman–Crippen LogP) is 4.28. The second kappa shape index (κ2) is 17.7. The number of allylic oxidation sites excluding steroid dienone is 3. The van der Waals surface area contributed by atoms with E-state index in [1.165, 1.54) is 24.3 Å². The van der Waals surface area contributed by atoms with Crippen LogP contribution < -0.4 is 15.8 Å². The molecule has 4 heterocycles. The number of nitrogens with two attached hydrogens (primary N) is 1. The number of aliphatic hydroxyl groups excluding tert-OH is 1. The molecule has 3 atom stereocenters. The van der Waals surface area contributed by atoms with Gasteiger partial charge in [0.1, 0.15) is 35.4 Å². The predicted molar refractivity (Wildman–Crippen MR) is 235 cm³/mol. The number of piperidine rings is 1. The van der Waals surface area contributed by atoms with Crippen LogP contribution in [0.25, 0.3) is 0 Å². The number of likely N-dealkylation sites (tertiary alicyclic amines) is 1. The number of amides is 1. The molecule has 2 aromatic carbocycles. The van der Waals surface area contributed by atoms with E-state index in [0.717, 1.165) is 45.6 Å². The molecular formula is C48H62N6O9. The van der Waals surface area contributed by atoms with Crippen LogP contribution in [-0.4, -0.2) is 130 Å². The first-order chi connectivity index (χ1) is 30.1. The van der Waals surface area contributed by atoms with E-state index in [9.17, 15) is 29.4 Å². The lowest BCUT2D eigenvalue weighted by atomic mass is 9.83. The fraction of sp³-hybridized carbons (Fsp3) is 0.562. The van der Waals surface area contributed by atoms with Crippen molar-refractivity contribution >= 4 is 29.2 Å². The summed E-state index contributed by atoms with van der Waals surface area (Å²) in [5, 5.41) is 25.4. The maximum absolute atomic E-state index is 14.4. The Morgan fingerprint density at radius 1 is 1.05 bits per heavy atom. The zero-order valence-electron chi connectivity index (χ0n) is 37.2. The van der Waals surface area contributed by atoms with E-state index in [1.54, 1.807) is 17.9 Å². The van der Waals surface area contributed by atoms with E-state index in [0.29, 0.717) is 68.6 Å². The topological polar surface area (TPSA) is 197 Å². The Kier molecular flexibility index (Phi) is 12.5. The van der Waals surface area contributed by atoms with E-state index in [-0.39, 0.29) is 58.2 Å². The molecule has 2 saturated heterocycles. The number of ketones is 2. The number of carbonyl (C=O) groups excluding carboxylic acids is 4. The Morgan fingerprint density at radius 2 is 1.73 bits per heavy atom. The van der Waals surface area contributed by atoms with Gasteiger partial charge in [-0.2, -0.15) is 0 Å². The van der Waals surface area contributed by atoms with Crippen molar-refractivity contribution in [3.05, 3.63) is 81.4 Å². The number of aromatic hydroxyl groups is 1. The molecule has 0 aromatic heterocycles. The van der Waals surface area contributed by atoms with Crippen LogP contribution in [0.3, 0.4) is 0 Å². The van der Waals surface area contributed by atoms with Crippen molar-refractivity contribution in [2.24, 2.45) is 16.6 Å². The molecule has 0 saturated carbocycles. The lowest BCUT2D eigenvalue weighted by Crippen LogP contribution is -2.52. The summed E-state index contributed by atoms with van der Waals surface area (Å²) in [6.07, 6.45) is 5.99. The first-order valence-corrected chi connectivity index (χ1v) is 22.7. The summed E-state index contributed by atoms with van der Waals surface area (Å²) in [7, 11) is 0. The minimum Gasteiger partial charge on any atom is -0.507 e. The molecule has 4 aliphatic heterocycles. The molecule has 1 spiro atoms. The minimum absolute atomic E-state index is 0.0623. The molecule has 2 fully saturated rings. The number of rotatable bonds is 14. The number of aliphatic hydroxyl groups is 1. The number of ether oxygens (including phenoxy) is 3. The number of benzene rings is 2. The van der Waals surface area contributed by atoms with Gasteiger partial charge in [-0.3, -0.25) is 29.1 Å². The van der Waals surface area contributed by atoms with Crippen molar-refractivity contribution in [3.8, 4) is 11.5 Å². The van der Waals surface area contributed by atoms with Gasteiger partial charge in [-0.25, -0.2) is 0 Å². The number of phenols is 1. The third-order valence-electron chi connectivity index (χ3n) is 13.7. The molecule has 63 heavy (non-hydrogen) atoms. The molecule has 1 amide bonds. The zero-order valence-corrected chi connectivity index (χ0v) is 37.2. The van der Waals surface area contributed by atoms with Crippen LogP contribution in [0.2, 0.25) is 0 Å². The highest BCUT2D eigenvalue weighted by atomic mass is 16.7. The van der Waals surface area contributed by atoms with Gasteiger partial charge in [-0.1, -0.05) is 45.0 Å². The molecule has 15 nitrogen and oxygen atoms in total. The van der Waals surface area contributed by atoms with Crippen molar-refractivity contribution in [2.45, 2.75) is 122 Å². The number of aliphatic imine (C=N–C) groups is 1.